The molecule has 24 heavy (non-hydrogen) atoms. The number of thiophene rings is 1. The van der Waals surface area contributed by atoms with Gasteiger partial charge in [-0.25, -0.2) is 4.98 Å². The molecule has 0 aliphatic carbocycles. The number of Topliss-reactive ketones (excluding diaryl/α,β-unsaturated/α-hetero) is 1. The zero-order chi connectivity index (χ0) is 16.9. The van der Waals surface area contributed by atoms with Crippen LogP contribution in [0, 0.1) is 6.92 Å². The number of aromatic nitrogens is 3. The molecule has 0 spiro atoms. The highest BCUT2D eigenvalue weighted by Gasteiger charge is 2.12. The predicted molar refractivity (Wildman–Crippen MR) is 99.0 cm³/mol. The second-order valence-electron chi connectivity index (χ2n) is 4.98. The second kappa shape index (κ2) is 7.96. The molecular formula is C16H14BrN3O2S2. The molecular weight excluding hydrogens is 410 g/mol. The van der Waals surface area contributed by atoms with E-state index in [2.05, 4.69) is 31.1 Å². The lowest BCUT2D eigenvalue weighted by Crippen LogP contribution is -2.00. The number of carbonyl (C=O) groups is 1. The van der Waals surface area contributed by atoms with Gasteiger partial charge in [0, 0.05) is 0 Å². The fourth-order valence-corrected chi connectivity index (χ4v) is 3.97. The number of ketones is 1. The van der Waals surface area contributed by atoms with Crippen LogP contribution in [0.15, 0.2) is 45.3 Å². The number of hydrogen-bond donors (Lipinski definition) is 1. The van der Waals surface area contributed by atoms with Gasteiger partial charge in [0.15, 0.2) is 11.6 Å². The van der Waals surface area contributed by atoms with E-state index in [1.54, 1.807) is 0 Å². The number of nitrogens with one attached hydrogen (secondary N) is 1. The van der Waals surface area contributed by atoms with Crippen LogP contribution >= 0.6 is 39.0 Å². The molecule has 2 aromatic heterocycles. The van der Waals surface area contributed by atoms with Crippen LogP contribution in [0.1, 0.15) is 21.1 Å². The lowest BCUT2D eigenvalue weighted by Gasteiger charge is -2.03. The number of nitrogens with zero attached hydrogens (tertiary/aromatic N) is 2. The predicted octanol–water partition coefficient (Wildman–Crippen LogP) is 4.49. The van der Waals surface area contributed by atoms with Crippen LogP contribution < -0.4 is 4.74 Å². The fourth-order valence-electron chi connectivity index (χ4n) is 1.86. The molecule has 1 aromatic carbocycles. The number of rotatable bonds is 7. The van der Waals surface area contributed by atoms with E-state index in [1.165, 1.54) is 28.7 Å². The molecule has 1 N–H and O–H groups in total. The van der Waals surface area contributed by atoms with Crippen molar-refractivity contribution in [3.05, 3.63) is 56.4 Å². The molecule has 2 heterocycles. The van der Waals surface area contributed by atoms with Crippen molar-refractivity contribution < 1.29 is 9.53 Å². The average Bonchev–Trinajstić information content (AvgIpc) is 3.21. The van der Waals surface area contributed by atoms with Crippen molar-refractivity contribution in [2.24, 2.45) is 0 Å². The summed E-state index contributed by atoms with van der Waals surface area (Å²) in [5.74, 6) is 1.79. The summed E-state index contributed by atoms with van der Waals surface area (Å²) in [5, 5.41) is 7.48. The molecule has 0 aliphatic heterocycles. The zero-order valence-electron chi connectivity index (χ0n) is 12.8. The molecule has 0 saturated carbocycles. The van der Waals surface area contributed by atoms with Gasteiger partial charge in [-0.3, -0.25) is 9.89 Å². The first kappa shape index (κ1) is 17.2. The average molecular weight is 424 g/mol. The van der Waals surface area contributed by atoms with Crippen molar-refractivity contribution in [2.75, 3.05) is 5.75 Å². The molecule has 0 unspecified atom stereocenters. The Labute approximate surface area is 156 Å². The van der Waals surface area contributed by atoms with Crippen molar-refractivity contribution in [3.63, 3.8) is 0 Å². The first-order chi connectivity index (χ1) is 11.6. The Hall–Kier alpha value is -1.64. The highest BCUT2D eigenvalue weighted by atomic mass is 79.9. The number of ether oxygens (including phenoxy) is 1. The van der Waals surface area contributed by atoms with Gasteiger partial charge in [0.2, 0.25) is 5.16 Å². The number of aryl methyl sites for hydroxylation is 1. The normalized spacial score (nSPS) is 10.8. The third kappa shape index (κ3) is 4.68. The van der Waals surface area contributed by atoms with Gasteiger partial charge in [0.1, 0.15) is 12.4 Å². The molecule has 0 aliphatic rings. The van der Waals surface area contributed by atoms with E-state index in [-0.39, 0.29) is 5.78 Å². The maximum atomic E-state index is 12.1. The Kier molecular flexibility index (Phi) is 5.70. The van der Waals surface area contributed by atoms with Gasteiger partial charge in [0.05, 0.1) is 14.4 Å². The van der Waals surface area contributed by atoms with Crippen molar-refractivity contribution in [2.45, 2.75) is 18.7 Å². The van der Waals surface area contributed by atoms with Gasteiger partial charge < -0.3 is 4.74 Å². The number of benzene rings is 1. The molecule has 3 aromatic rings. The highest BCUT2D eigenvalue weighted by Crippen LogP contribution is 2.24. The van der Waals surface area contributed by atoms with Crippen LogP contribution in [0.3, 0.4) is 0 Å². The van der Waals surface area contributed by atoms with Crippen molar-refractivity contribution in [1.29, 1.82) is 0 Å². The standard InChI is InChI=1S/C16H14BrN3O2S2/c1-10-2-4-11(5-3-10)22-8-15-18-16(20-19-15)23-9-12(21)13-6-7-14(17)24-13/h2-7H,8-9H2,1H3,(H,18,19,20). The van der Waals surface area contributed by atoms with E-state index in [0.717, 1.165) is 14.4 Å². The summed E-state index contributed by atoms with van der Waals surface area (Å²) in [6, 6.07) is 11.5. The van der Waals surface area contributed by atoms with Crippen LogP contribution in [0.25, 0.3) is 0 Å². The molecule has 8 heteroatoms. The van der Waals surface area contributed by atoms with Gasteiger partial charge in [0.25, 0.3) is 0 Å². The molecule has 0 atom stereocenters. The molecule has 124 valence electrons. The summed E-state index contributed by atoms with van der Waals surface area (Å²) < 4.78 is 6.59. The van der Waals surface area contributed by atoms with Gasteiger partial charge in [-0.2, -0.15) is 0 Å². The van der Waals surface area contributed by atoms with Crippen molar-refractivity contribution in [3.8, 4) is 5.75 Å². The molecule has 0 radical (unpaired) electrons. The van der Waals surface area contributed by atoms with Gasteiger partial charge in [-0.1, -0.05) is 29.5 Å². The number of H-pyrrole nitrogens is 1. The van der Waals surface area contributed by atoms with E-state index >= 15 is 0 Å². The van der Waals surface area contributed by atoms with E-state index in [9.17, 15) is 4.79 Å². The van der Waals surface area contributed by atoms with Crippen LogP contribution in [0.5, 0.6) is 5.75 Å². The van der Waals surface area contributed by atoms with E-state index in [4.69, 9.17) is 4.74 Å². The van der Waals surface area contributed by atoms with Crippen molar-refractivity contribution in [1.82, 2.24) is 15.2 Å². The third-order valence-electron chi connectivity index (χ3n) is 3.09. The Morgan fingerprint density at radius 3 is 2.79 bits per heavy atom. The zero-order valence-corrected chi connectivity index (χ0v) is 16.0. The molecule has 5 nitrogen and oxygen atoms in total. The van der Waals surface area contributed by atoms with Crippen LogP contribution in [0.2, 0.25) is 0 Å². The Balaban J connectivity index is 1.50. The lowest BCUT2D eigenvalue weighted by molar-refractivity contribution is 0.102. The number of carbonyl (C=O) groups excluding carboxylic acids is 1. The minimum absolute atomic E-state index is 0.0676. The van der Waals surface area contributed by atoms with E-state index < -0.39 is 0 Å². The molecule has 3 rings (SSSR count). The maximum Gasteiger partial charge on any atom is 0.208 e. The van der Waals surface area contributed by atoms with E-state index in [0.29, 0.717) is 23.3 Å². The summed E-state index contributed by atoms with van der Waals surface area (Å²) >= 11 is 6.09. The van der Waals surface area contributed by atoms with Gasteiger partial charge >= 0.3 is 0 Å². The molecule has 0 saturated heterocycles. The summed E-state index contributed by atoms with van der Waals surface area (Å²) in [6.07, 6.45) is 0. The van der Waals surface area contributed by atoms with Crippen molar-refractivity contribution >= 4 is 44.8 Å². The first-order valence-electron chi connectivity index (χ1n) is 7.12. The SMILES string of the molecule is Cc1ccc(OCc2nc(SCC(=O)c3ccc(Br)s3)n[nH]2)cc1. The Morgan fingerprint density at radius 2 is 2.08 bits per heavy atom. The maximum absolute atomic E-state index is 12.1. The highest BCUT2D eigenvalue weighted by molar-refractivity contribution is 9.11. The Bertz CT molecular complexity index is 830. The fraction of sp³-hybridized carbons (Fsp3) is 0.188. The topological polar surface area (TPSA) is 67.9 Å². The minimum Gasteiger partial charge on any atom is -0.486 e. The molecule has 0 bridgehead atoms. The number of halogens is 1. The van der Waals surface area contributed by atoms with Crippen LogP contribution in [-0.2, 0) is 6.61 Å². The monoisotopic (exact) mass is 423 g/mol. The quantitative estimate of drug-likeness (QED) is 0.447. The first-order valence-corrected chi connectivity index (χ1v) is 9.72. The van der Waals surface area contributed by atoms with Gasteiger partial charge in [-0.05, 0) is 47.1 Å². The summed E-state index contributed by atoms with van der Waals surface area (Å²) in [6.45, 7) is 2.34. The third-order valence-corrected chi connectivity index (χ3v) is 5.60. The molecule has 0 amide bonds. The number of hydrogen-bond acceptors (Lipinski definition) is 6. The largest absolute Gasteiger partial charge is 0.486 e. The summed E-state index contributed by atoms with van der Waals surface area (Å²) in [7, 11) is 0. The Morgan fingerprint density at radius 1 is 1.29 bits per heavy atom. The van der Waals surface area contributed by atoms with Crippen LogP contribution in [-0.4, -0.2) is 26.7 Å². The number of thioether (sulfide) groups is 1. The second-order valence-corrected chi connectivity index (χ2v) is 8.39. The minimum atomic E-state index is 0.0676. The smallest absolute Gasteiger partial charge is 0.208 e. The van der Waals surface area contributed by atoms with E-state index in [1.807, 2.05) is 43.3 Å². The number of aromatic amines is 1. The molecule has 0 fully saturated rings. The summed E-state index contributed by atoms with van der Waals surface area (Å²) in [4.78, 5) is 17.1. The lowest BCUT2D eigenvalue weighted by atomic mass is 10.2. The van der Waals surface area contributed by atoms with Gasteiger partial charge in [-0.15, -0.1) is 16.4 Å². The summed E-state index contributed by atoms with van der Waals surface area (Å²) in [5.41, 5.74) is 1.18. The van der Waals surface area contributed by atoms with Crippen LogP contribution in [0.4, 0.5) is 0 Å².